The molecule has 178 valence electrons. The number of carbonyl (C=O) groups excluding carboxylic acids is 2. The number of fused-ring (bicyclic) bond motifs is 4. The minimum absolute atomic E-state index is 0.0467. The van der Waals surface area contributed by atoms with Gasteiger partial charge < -0.3 is 29.9 Å². The van der Waals surface area contributed by atoms with Crippen molar-refractivity contribution in [2.75, 3.05) is 38.7 Å². The normalized spacial score (nSPS) is 18.5. The Morgan fingerprint density at radius 2 is 1.94 bits per heavy atom. The minimum Gasteiger partial charge on any atom is -0.497 e. The van der Waals surface area contributed by atoms with Gasteiger partial charge in [0.2, 0.25) is 5.91 Å². The van der Waals surface area contributed by atoms with Gasteiger partial charge >= 0.3 is 6.03 Å². The van der Waals surface area contributed by atoms with E-state index in [0.29, 0.717) is 37.5 Å². The monoisotopic (exact) mass is 466 g/mol. The molecule has 34 heavy (non-hydrogen) atoms. The number of benzene rings is 2. The summed E-state index contributed by atoms with van der Waals surface area (Å²) in [5.74, 6) is 0.288. The Bertz CT molecular complexity index is 1250. The summed E-state index contributed by atoms with van der Waals surface area (Å²) >= 11 is 0. The standard InChI is InChI=1S/C25H27FN4O4/c1-3-21(32)30-14-25(12-29(13-25)24(33)27-16-6-4-15(26)5-7-16)22-18-9-8-17(34-2)10-19(18)28-23(22)20(30)11-31/h4-10,20,28,31H,3,11-14H2,1-2H3,(H,27,33)/t20-/m1/s1. The molecule has 1 saturated heterocycles. The van der Waals surface area contributed by atoms with Gasteiger partial charge in [-0.05, 0) is 42.0 Å². The lowest BCUT2D eigenvalue weighted by atomic mass is 9.68. The smallest absolute Gasteiger partial charge is 0.321 e. The van der Waals surface area contributed by atoms with Crippen LogP contribution in [-0.4, -0.2) is 65.2 Å². The topological polar surface area (TPSA) is 97.9 Å². The van der Waals surface area contributed by atoms with Crippen LogP contribution in [0.3, 0.4) is 0 Å². The number of aliphatic hydroxyl groups excluding tert-OH is 1. The van der Waals surface area contributed by atoms with Gasteiger partial charge in [0.05, 0.1) is 25.2 Å². The first-order valence-electron chi connectivity index (χ1n) is 11.3. The average molecular weight is 467 g/mol. The molecule has 3 N–H and O–H groups in total. The maximum atomic E-state index is 13.2. The van der Waals surface area contributed by atoms with E-state index < -0.39 is 11.5 Å². The van der Waals surface area contributed by atoms with Crippen LogP contribution in [-0.2, 0) is 10.2 Å². The summed E-state index contributed by atoms with van der Waals surface area (Å²) in [6.45, 7) is 2.85. The van der Waals surface area contributed by atoms with Crippen molar-refractivity contribution in [3.8, 4) is 5.75 Å². The first kappa shape index (κ1) is 22.2. The van der Waals surface area contributed by atoms with E-state index in [1.54, 1.807) is 23.8 Å². The molecule has 0 unspecified atom stereocenters. The molecule has 3 aromatic rings. The van der Waals surface area contributed by atoms with Gasteiger partial charge in [0.1, 0.15) is 11.6 Å². The molecule has 1 atom stereocenters. The zero-order chi connectivity index (χ0) is 24.0. The average Bonchev–Trinajstić information content (AvgIpc) is 3.21. The second kappa shape index (κ2) is 8.32. The van der Waals surface area contributed by atoms with Gasteiger partial charge in [0.15, 0.2) is 0 Å². The van der Waals surface area contributed by atoms with Crippen molar-refractivity contribution >= 4 is 28.5 Å². The number of hydrogen-bond donors (Lipinski definition) is 3. The maximum Gasteiger partial charge on any atom is 0.321 e. The molecule has 1 fully saturated rings. The van der Waals surface area contributed by atoms with E-state index in [4.69, 9.17) is 4.74 Å². The third kappa shape index (κ3) is 3.47. The van der Waals surface area contributed by atoms with Gasteiger partial charge in [-0.15, -0.1) is 0 Å². The zero-order valence-corrected chi connectivity index (χ0v) is 19.1. The molecule has 2 aromatic carbocycles. The van der Waals surface area contributed by atoms with Crippen molar-refractivity contribution in [1.82, 2.24) is 14.8 Å². The number of H-pyrrole nitrogens is 1. The van der Waals surface area contributed by atoms with Crippen molar-refractivity contribution in [1.29, 1.82) is 0 Å². The van der Waals surface area contributed by atoms with Crippen LogP contribution in [0.4, 0.5) is 14.9 Å². The van der Waals surface area contributed by atoms with Crippen LogP contribution in [0.1, 0.15) is 30.6 Å². The number of nitrogens with one attached hydrogen (secondary N) is 2. The van der Waals surface area contributed by atoms with Gasteiger partial charge in [-0.2, -0.15) is 0 Å². The van der Waals surface area contributed by atoms with E-state index in [1.807, 2.05) is 18.2 Å². The number of ether oxygens (including phenoxy) is 1. The molecule has 2 aliphatic rings. The highest BCUT2D eigenvalue weighted by Crippen LogP contribution is 2.48. The van der Waals surface area contributed by atoms with E-state index >= 15 is 0 Å². The molecule has 2 aliphatic heterocycles. The largest absolute Gasteiger partial charge is 0.497 e. The van der Waals surface area contributed by atoms with Crippen LogP contribution in [0.15, 0.2) is 42.5 Å². The first-order valence-corrected chi connectivity index (χ1v) is 11.3. The number of amides is 3. The molecular weight excluding hydrogens is 439 g/mol. The summed E-state index contributed by atoms with van der Waals surface area (Å²) in [6, 6.07) is 10.6. The number of aliphatic hydroxyl groups is 1. The third-order valence-electron chi connectivity index (χ3n) is 6.91. The molecule has 0 radical (unpaired) electrons. The van der Waals surface area contributed by atoms with Gasteiger partial charge in [-0.3, -0.25) is 4.79 Å². The fraction of sp³-hybridized carbons (Fsp3) is 0.360. The number of anilines is 1. The number of urea groups is 1. The Kier molecular flexibility index (Phi) is 5.44. The predicted octanol–water partition coefficient (Wildman–Crippen LogP) is 3.39. The SMILES string of the molecule is CCC(=O)N1CC2(CN(C(=O)Nc3ccc(F)cc3)C2)c2c([nH]c3cc(OC)ccc23)[C@H]1CO. The number of methoxy groups -OCH3 is 1. The first-order chi connectivity index (χ1) is 16.4. The number of aromatic amines is 1. The van der Waals surface area contributed by atoms with Crippen LogP contribution < -0.4 is 10.1 Å². The summed E-state index contributed by atoms with van der Waals surface area (Å²) in [4.78, 5) is 32.5. The Hall–Kier alpha value is -3.59. The number of rotatable bonds is 4. The fourth-order valence-electron chi connectivity index (χ4n) is 5.29. The summed E-state index contributed by atoms with van der Waals surface area (Å²) in [5, 5.41) is 14.0. The molecule has 0 saturated carbocycles. The molecule has 0 bridgehead atoms. The quantitative estimate of drug-likeness (QED) is 0.549. The van der Waals surface area contributed by atoms with E-state index in [-0.39, 0.29) is 24.4 Å². The zero-order valence-electron chi connectivity index (χ0n) is 19.1. The summed E-state index contributed by atoms with van der Waals surface area (Å²) in [7, 11) is 1.60. The molecule has 3 amide bonds. The second-order valence-corrected chi connectivity index (χ2v) is 8.97. The van der Waals surface area contributed by atoms with Gasteiger partial charge in [0, 0.05) is 54.4 Å². The summed E-state index contributed by atoms with van der Waals surface area (Å²) in [5.41, 5.74) is 2.76. The van der Waals surface area contributed by atoms with Crippen LogP contribution in [0.2, 0.25) is 0 Å². The van der Waals surface area contributed by atoms with E-state index in [1.165, 1.54) is 24.3 Å². The molecule has 3 heterocycles. The van der Waals surface area contributed by atoms with Gasteiger partial charge in [0.25, 0.3) is 0 Å². The number of halogens is 1. The molecule has 9 heteroatoms. The third-order valence-corrected chi connectivity index (χ3v) is 6.91. The lowest BCUT2D eigenvalue weighted by Gasteiger charge is -2.55. The number of likely N-dealkylation sites (tertiary alicyclic amines) is 1. The van der Waals surface area contributed by atoms with E-state index in [0.717, 1.165) is 22.2 Å². The Morgan fingerprint density at radius 3 is 2.59 bits per heavy atom. The maximum absolute atomic E-state index is 13.2. The second-order valence-electron chi connectivity index (χ2n) is 8.97. The minimum atomic E-state index is -0.478. The fourth-order valence-corrected chi connectivity index (χ4v) is 5.29. The highest BCUT2D eigenvalue weighted by Gasteiger charge is 2.54. The van der Waals surface area contributed by atoms with Crippen molar-refractivity contribution in [2.45, 2.75) is 24.8 Å². The van der Waals surface area contributed by atoms with Gasteiger partial charge in [-0.1, -0.05) is 6.92 Å². The molecule has 1 spiro atoms. The van der Waals surface area contributed by atoms with Crippen LogP contribution in [0.25, 0.3) is 10.9 Å². The highest BCUT2D eigenvalue weighted by atomic mass is 19.1. The van der Waals surface area contributed by atoms with E-state index in [9.17, 15) is 19.1 Å². The predicted molar refractivity (Wildman–Crippen MR) is 125 cm³/mol. The number of aromatic nitrogens is 1. The lowest BCUT2D eigenvalue weighted by Crippen LogP contribution is -2.68. The summed E-state index contributed by atoms with van der Waals surface area (Å²) < 4.78 is 18.6. The Morgan fingerprint density at radius 1 is 1.21 bits per heavy atom. The van der Waals surface area contributed by atoms with E-state index in [2.05, 4.69) is 10.3 Å². The van der Waals surface area contributed by atoms with Crippen molar-refractivity contribution < 1.29 is 23.8 Å². The van der Waals surface area contributed by atoms with Crippen molar-refractivity contribution in [3.05, 3.63) is 59.5 Å². The van der Waals surface area contributed by atoms with Crippen molar-refractivity contribution in [2.24, 2.45) is 0 Å². The van der Waals surface area contributed by atoms with Crippen LogP contribution in [0, 0.1) is 5.82 Å². The number of nitrogens with zero attached hydrogens (tertiary/aromatic N) is 2. The van der Waals surface area contributed by atoms with Crippen molar-refractivity contribution in [3.63, 3.8) is 0 Å². The molecule has 0 aliphatic carbocycles. The highest BCUT2D eigenvalue weighted by molar-refractivity contribution is 5.92. The molecule has 1 aromatic heterocycles. The van der Waals surface area contributed by atoms with Crippen LogP contribution in [0.5, 0.6) is 5.75 Å². The Labute approximate surface area is 196 Å². The van der Waals surface area contributed by atoms with Gasteiger partial charge in [-0.25, -0.2) is 9.18 Å². The number of hydrogen-bond acceptors (Lipinski definition) is 4. The number of carbonyl (C=O) groups is 2. The van der Waals surface area contributed by atoms with Crippen LogP contribution >= 0.6 is 0 Å². The summed E-state index contributed by atoms with van der Waals surface area (Å²) in [6.07, 6.45) is 0.324. The lowest BCUT2D eigenvalue weighted by molar-refractivity contribution is -0.138. The molecule has 8 nitrogen and oxygen atoms in total. The Balaban J connectivity index is 1.50. The molecule has 5 rings (SSSR count). The molecular formula is C25H27FN4O4.